The fraction of sp³-hybridized carbons (Fsp3) is 0.312. The first-order valence-corrected chi connectivity index (χ1v) is 7.19. The zero-order valence-electron chi connectivity index (χ0n) is 11.9. The Bertz CT molecular complexity index is 543. The highest BCUT2D eigenvalue weighted by atomic mass is 35.5. The molecule has 0 saturated heterocycles. The van der Waals surface area contributed by atoms with E-state index in [4.69, 9.17) is 11.6 Å². The van der Waals surface area contributed by atoms with Crippen LogP contribution in [0.3, 0.4) is 0 Å². The Kier molecular flexibility index (Phi) is 5.39. The second kappa shape index (κ2) is 7.27. The van der Waals surface area contributed by atoms with Gasteiger partial charge in [-0.3, -0.25) is 4.98 Å². The molecule has 1 aromatic heterocycles. The third kappa shape index (κ3) is 3.71. The van der Waals surface area contributed by atoms with Crippen LogP contribution >= 0.6 is 11.6 Å². The maximum Gasteiger partial charge on any atom is 0.0642 e. The van der Waals surface area contributed by atoms with Gasteiger partial charge >= 0.3 is 0 Å². The van der Waals surface area contributed by atoms with E-state index in [1.54, 1.807) is 0 Å². The van der Waals surface area contributed by atoms with Gasteiger partial charge in [0.25, 0.3) is 0 Å². The molecular formula is C16H20ClN3. The summed E-state index contributed by atoms with van der Waals surface area (Å²) in [5.74, 6) is 0. The Balaban J connectivity index is 2.21. The molecule has 0 aliphatic rings. The zero-order chi connectivity index (χ0) is 14.4. The average Bonchev–Trinajstić information content (AvgIpc) is 2.46. The average molecular weight is 290 g/mol. The van der Waals surface area contributed by atoms with Gasteiger partial charge in [0.05, 0.1) is 22.9 Å². The fourth-order valence-corrected chi connectivity index (χ4v) is 2.54. The zero-order valence-corrected chi connectivity index (χ0v) is 12.7. The SMILES string of the molecule is CCNCc1cccc(Cl)c1N(C)Cc1ccccn1. The smallest absolute Gasteiger partial charge is 0.0642 e. The first-order valence-electron chi connectivity index (χ1n) is 6.81. The number of hydrogen-bond acceptors (Lipinski definition) is 3. The second-order valence-electron chi connectivity index (χ2n) is 4.71. The molecular weight excluding hydrogens is 270 g/mol. The van der Waals surface area contributed by atoms with Crippen molar-refractivity contribution >= 4 is 17.3 Å². The van der Waals surface area contributed by atoms with Crippen LogP contribution in [0.25, 0.3) is 0 Å². The van der Waals surface area contributed by atoms with Crippen LogP contribution in [0.4, 0.5) is 5.69 Å². The van der Waals surface area contributed by atoms with E-state index in [0.717, 1.165) is 36.0 Å². The molecule has 0 unspecified atom stereocenters. The normalized spacial score (nSPS) is 10.6. The van der Waals surface area contributed by atoms with Crippen LogP contribution in [0.2, 0.25) is 5.02 Å². The first-order chi connectivity index (χ1) is 9.72. The lowest BCUT2D eigenvalue weighted by Gasteiger charge is -2.23. The minimum absolute atomic E-state index is 0.740. The summed E-state index contributed by atoms with van der Waals surface area (Å²) < 4.78 is 0. The van der Waals surface area contributed by atoms with E-state index < -0.39 is 0 Å². The maximum atomic E-state index is 6.38. The van der Waals surface area contributed by atoms with Gasteiger partial charge in [0, 0.05) is 19.8 Å². The van der Waals surface area contributed by atoms with Gasteiger partial charge in [0.1, 0.15) is 0 Å². The van der Waals surface area contributed by atoms with Gasteiger partial charge in [-0.1, -0.05) is 36.7 Å². The number of para-hydroxylation sites is 1. The summed E-state index contributed by atoms with van der Waals surface area (Å²) >= 11 is 6.38. The number of rotatable bonds is 6. The lowest BCUT2D eigenvalue weighted by atomic mass is 10.1. The summed E-state index contributed by atoms with van der Waals surface area (Å²) in [6.07, 6.45) is 1.81. The summed E-state index contributed by atoms with van der Waals surface area (Å²) in [5.41, 5.74) is 3.31. The number of nitrogens with zero attached hydrogens (tertiary/aromatic N) is 2. The van der Waals surface area contributed by atoms with E-state index in [9.17, 15) is 0 Å². The van der Waals surface area contributed by atoms with Crippen molar-refractivity contribution in [2.75, 3.05) is 18.5 Å². The van der Waals surface area contributed by atoms with Crippen molar-refractivity contribution in [1.29, 1.82) is 0 Å². The molecule has 1 heterocycles. The summed E-state index contributed by atoms with van der Waals surface area (Å²) in [4.78, 5) is 6.52. The molecule has 2 aromatic rings. The fourth-order valence-electron chi connectivity index (χ4n) is 2.20. The Morgan fingerprint density at radius 3 is 2.75 bits per heavy atom. The predicted octanol–water partition coefficient (Wildman–Crippen LogP) is 3.48. The Morgan fingerprint density at radius 2 is 2.05 bits per heavy atom. The first kappa shape index (κ1) is 14.8. The van der Waals surface area contributed by atoms with Gasteiger partial charge in [-0.25, -0.2) is 0 Å². The van der Waals surface area contributed by atoms with E-state index in [1.165, 1.54) is 5.56 Å². The lowest BCUT2D eigenvalue weighted by Crippen LogP contribution is -2.21. The van der Waals surface area contributed by atoms with Crippen LogP contribution in [-0.4, -0.2) is 18.6 Å². The van der Waals surface area contributed by atoms with E-state index >= 15 is 0 Å². The van der Waals surface area contributed by atoms with Crippen molar-refractivity contribution in [2.45, 2.75) is 20.0 Å². The Hall–Kier alpha value is -1.58. The lowest BCUT2D eigenvalue weighted by molar-refractivity contribution is 0.722. The van der Waals surface area contributed by atoms with Gasteiger partial charge < -0.3 is 10.2 Å². The summed E-state index contributed by atoms with van der Waals surface area (Å²) in [6, 6.07) is 12.0. The van der Waals surface area contributed by atoms with E-state index in [2.05, 4.69) is 28.2 Å². The third-order valence-corrected chi connectivity index (χ3v) is 3.45. The molecule has 0 aliphatic carbocycles. The number of hydrogen-bond donors (Lipinski definition) is 1. The number of pyridine rings is 1. The van der Waals surface area contributed by atoms with Crippen LogP contribution in [0.15, 0.2) is 42.6 Å². The Labute approximate surface area is 125 Å². The molecule has 1 aromatic carbocycles. The van der Waals surface area contributed by atoms with Gasteiger partial charge in [0.15, 0.2) is 0 Å². The van der Waals surface area contributed by atoms with Crippen LogP contribution in [0.5, 0.6) is 0 Å². The molecule has 106 valence electrons. The molecule has 20 heavy (non-hydrogen) atoms. The molecule has 2 rings (SSSR count). The molecule has 0 spiro atoms. The molecule has 0 amide bonds. The predicted molar refractivity (Wildman–Crippen MR) is 85.2 cm³/mol. The number of nitrogens with one attached hydrogen (secondary N) is 1. The standard InChI is InChI=1S/C16H20ClN3/c1-3-18-11-13-7-6-9-15(17)16(13)20(2)12-14-8-4-5-10-19-14/h4-10,18H,3,11-12H2,1-2H3. The van der Waals surface area contributed by atoms with Crippen LogP contribution < -0.4 is 10.2 Å². The monoisotopic (exact) mass is 289 g/mol. The minimum Gasteiger partial charge on any atom is -0.367 e. The quantitative estimate of drug-likeness (QED) is 0.882. The number of aromatic nitrogens is 1. The van der Waals surface area contributed by atoms with Gasteiger partial charge in [-0.2, -0.15) is 0 Å². The van der Waals surface area contributed by atoms with Crippen LogP contribution in [0, 0.1) is 0 Å². The highest BCUT2D eigenvalue weighted by Crippen LogP contribution is 2.30. The van der Waals surface area contributed by atoms with E-state index in [0.29, 0.717) is 0 Å². The molecule has 0 aliphatic heterocycles. The van der Waals surface area contributed by atoms with Crippen LogP contribution in [0.1, 0.15) is 18.2 Å². The second-order valence-corrected chi connectivity index (χ2v) is 5.11. The third-order valence-electron chi connectivity index (χ3n) is 3.14. The largest absolute Gasteiger partial charge is 0.367 e. The van der Waals surface area contributed by atoms with Crippen molar-refractivity contribution in [2.24, 2.45) is 0 Å². The topological polar surface area (TPSA) is 28.2 Å². The molecule has 0 bridgehead atoms. The van der Waals surface area contributed by atoms with Crippen molar-refractivity contribution in [3.8, 4) is 0 Å². The van der Waals surface area contributed by atoms with Crippen molar-refractivity contribution in [1.82, 2.24) is 10.3 Å². The molecule has 1 N–H and O–H groups in total. The number of halogens is 1. The van der Waals surface area contributed by atoms with Gasteiger partial charge in [0.2, 0.25) is 0 Å². The van der Waals surface area contributed by atoms with Crippen molar-refractivity contribution in [3.05, 3.63) is 58.9 Å². The van der Waals surface area contributed by atoms with Gasteiger partial charge in [-0.15, -0.1) is 0 Å². The Morgan fingerprint density at radius 1 is 1.20 bits per heavy atom. The minimum atomic E-state index is 0.740. The van der Waals surface area contributed by atoms with E-state index in [1.807, 2.05) is 43.6 Å². The number of benzene rings is 1. The van der Waals surface area contributed by atoms with Crippen molar-refractivity contribution in [3.63, 3.8) is 0 Å². The highest BCUT2D eigenvalue weighted by molar-refractivity contribution is 6.33. The molecule has 0 radical (unpaired) electrons. The maximum absolute atomic E-state index is 6.38. The summed E-state index contributed by atoms with van der Waals surface area (Å²) in [7, 11) is 2.05. The van der Waals surface area contributed by atoms with E-state index in [-0.39, 0.29) is 0 Å². The molecule has 0 atom stereocenters. The number of anilines is 1. The van der Waals surface area contributed by atoms with Crippen molar-refractivity contribution < 1.29 is 0 Å². The molecule has 4 heteroatoms. The molecule has 0 fully saturated rings. The molecule has 3 nitrogen and oxygen atoms in total. The molecule has 0 saturated carbocycles. The van der Waals surface area contributed by atoms with Crippen LogP contribution in [-0.2, 0) is 13.1 Å². The summed E-state index contributed by atoms with van der Waals surface area (Å²) in [5, 5.41) is 4.13. The highest BCUT2D eigenvalue weighted by Gasteiger charge is 2.12. The summed E-state index contributed by atoms with van der Waals surface area (Å²) in [6.45, 7) is 4.60. The van der Waals surface area contributed by atoms with Gasteiger partial charge in [-0.05, 0) is 30.3 Å².